The predicted molar refractivity (Wildman–Crippen MR) is 124 cm³/mol. The van der Waals surface area contributed by atoms with Gasteiger partial charge in [0.2, 0.25) is 5.91 Å². The minimum Gasteiger partial charge on any atom is -0.301 e. The van der Waals surface area contributed by atoms with Gasteiger partial charge in [-0.3, -0.25) is 14.3 Å². The molecule has 0 bridgehead atoms. The van der Waals surface area contributed by atoms with Crippen LogP contribution in [0.15, 0.2) is 78.2 Å². The van der Waals surface area contributed by atoms with E-state index < -0.39 is 0 Å². The van der Waals surface area contributed by atoms with E-state index in [2.05, 4.69) is 25.5 Å². The molecule has 7 nitrogen and oxygen atoms in total. The van der Waals surface area contributed by atoms with E-state index in [0.717, 1.165) is 11.3 Å². The van der Waals surface area contributed by atoms with Crippen molar-refractivity contribution in [2.24, 2.45) is 0 Å². The summed E-state index contributed by atoms with van der Waals surface area (Å²) < 4.78 is 16.0. The van der Waals surface area contributed by atoms with Crippen LogP contribution in [0.2, 0.25) is 0 Å². The minimum absolute atomic E-state index is 0.117. The molecule has 0 saturated heterocycles. The second kappa shape index (κ2) is 8.85. The van der Waals surface area contributed by atoms with Gasteiger partial charge in [-0.25, -0.2) is 9.37 Å². The van der Waals surface area contributed by atoms with Gasteiger partial charge in [0.1, 0.15) is 5.82 Å². The number of benzene rings is 2. The second-order valence-corrected chi connectivity index (χ2v) is 8.65. The van der Waals surface area contributed by atoms with Crippen LogP contribution in [0.25, 0.3) is 27.3 Å². The lowest BCUT2D eigenvalue weighted by molar-refractivity contribution is -0.113. The maximum absolute atomic E-state index is 13.4. The molecule has 10 heteroatoms. The Morgan fingerprint density at radius 1 is 1.06 bits per heavy atom. The van der Waals surface area contributed by atoms with E-state index in [9.17, 15) is 9.18 Å². The number of aromatic nitrogens is 5. The van der Waals surface area contributed by atoms with Crippen LogP contribution >= 0.6 is 23.1 Å². The lowest BCUT2D eigenvalue weighted by atomic mass is 10.2. The van der Waals surface area contributed by atoms with Crippen molar-refractivity contribution in [1.82, 2.24) is 24.7 Å². The van der Waals surface area contributed by atoms with Gasteiger partial charge >= 0.3 is 0 Å². The first-order chi connectivity index (χ1) is 15.7. The number of pyridine rings is 1. The fourth-order valence-electron chi connectivity index (χ4n) is 3.10. The Labute approximate surface area is 190 Å². The summed E-state index contributed by atoms with van der Waals surface area (Å²) in [6.07, 6.45) is 3.40. The van der Waals surface area contributed by atoms with Crippen molar-refractivity contribution >= 4 is 44.4 Å². The molecule has 158 valence electrons. The highest BCUT2D eigenvalue weighted by Gasteiger charge is 2.17. The molecule has 0 spiro atoms. The largest absolute Gasteiger partial charge is 0.301 e. The Morgan fingerprint density at radius 3 is 2.69 bits per heavy atom. The molecule has 32 heavy (non-hydrogen) atoms. The molecule has 0 fully saturated rings. The van der Waals surface area contributed by atoms with E-state index in [1.165, 1.54) is 35.2 Å². The highest BCUT2D eigenvalue weighted by atomic mass is 32.2. The number of para-hydroxylation sites is 1. The zero-order chi connectivity index (χ0) is 21.9. The van der Waals surface area contributed by atoms with Crippen molar-refractivity contribution in [2.75, 3.05) is 11.1 Å². The van der Waals surface area contributed by atoms with E-state index >= 15 is 0 Å². The summed E-state index contributed by atoms with van der Waals surface area (Å²) in [5.41, 5.74) is 2.40. The van der Waals surface area contributed by atoms with E-state index in [1.807, 2.05) is 47.0 Å². The molecule has 0 aliphatic carbocycles. The van der Waals surface area contributed by atoms with Gasteiger partial charge < -0.3 is 5.32 Å². The number of nitrogens with zero attached hydrogens (tertiary/aromatic N) is 5. The van der Waals surface area contributed by atoms with Crippen molar-refractivity contribution in [1.29, 1.82) is 0 Å². The second-order valence-electron chi connectivity index (χ2n) is 6.68. The topological polar surface area (TPSA) is 85.6 Å². The van der Waals surface area contributed by atoms with Crippen LogP contribution in [0.3, 0.4) is 0 Å². The number of hydrogen-bond donors (Lipinski definition) is 1. The smallest absolute Gasteiger partial charge is 0.236 e. The van der Waals surface area contributed by atoms with Crippen LogP contribution < -0.4 is 5.32 Å². The van der Waals surface area contributed by atoms with Crippen molar-refractivity contribution < 1.29 is 9.18 Å². The molecular weight excluding hydrogens is 447 g/mol. The highest BCUT2D eigenvalue weighted by Crippen LogP contribution is 2.29. The van der Waals surface area contributed by atoms with Crippen LogP contribution in [-0.2, 0) is 4.79 Å². The van der Waals surface area contributed by atoms with Gasteiger partial charge in [0.25, 0.3) is 0 Å². The number of halogens is 1. The van der Waals surface area contributed by atoms with Crippen molar-refractivity contribution in [3.63, 3.8) is 0 Å². The van der Waals surface area contributed by atoms with Crippen LogP contribution in [0.1, 0.15) is 0 Å². The maximum Gasteiger partial charge on any atom is 0.236 e. The van der Waals surface area contributed by atoms with Gasteiger partial charge in [0, 0.05) is 23.6 Å². The first-order valence-corrected chi connectivity index (χ1v) is 11.4. The summed E-state index contributed by atoms with van der Waals surface area (Å²) in [6, 6.07) is 17.8. The third-order valence-corrected chi connectivity index (χ3v) is 6.38. The zero-order valence-corrected chi connectivity index (χ0v) is 18.1. The molecule has 0 atom stereocenters. The molecule has 1 N–H and O–H groups in total. The Kier molecular flexibility index (Phi) is 5.61. The zero-order valence-electron chi connectivity index (χ0n) is 16.5. The number of anilines is 1. The first-order valence-electron chi connectivity index (χ1n) is 9.57. The number of thiazole rings is 1. The van der Waals surface area contributed by atoms with Gasteiger partial charge in [-0.2, -0.15) is 0 Å². The Hall–Kier alpha value is -3.63. The fraction of sp³-hybridized carbons (Fsp3) is 0.0455. The molecule has 0 saturated carbocycles. The van der Waals surface area contributed by atoms with Crippen molar-refractivity contribution in [3.8, 4) is 17.1 Å². The lowest BCUT2D eigenvalue weighted by Gasteiger charge is -2.10. The summed E-state index contributed by atoms with van der Waals surface area (Å²) in [5, 5.41) is 12.5. The van der Waals surface area contributed by atoms with Crippen molar-refractivity contribution in [3.05, 3.63) is 78.9 Å². The standard InChI is InChI=1S/C22H15FN6OS2/c23-15-6-7-17-18(12-15)32-21(25-17)26-19(30)13-31-22-28-27-20(14-8-10-24-11-9-14)29(22)16-4-2-1-3-5-16/h1-12H,13H2,(H,25,26,30). The third kappa shape index (κ3) is 4.23. The molecule has 0 aliphatic heterocycles. The number of hydrogen-bond acceptors (Lipinski definition) is 7. The Balaban J connectivity index is 1.36. The van der Waals surface area contributed by atoms with E-state index in [-0.39, 0.29) is 17.5 Å². The first kappa shape index (κ1) is 20.3. The van der Waals surface area contributed by atoms with Gasteiger partial charge in [0.05, 0.1) is 16.0 Å². The molecule has 0 aliphatic rings. The number of carbonyl (C=O) groups excluding carboxylic acids is 1. The fourth-order valence-corrected chi connectivity index (χ4v) is 4.76. The van der Waals surface area contributed by atoms with Gasteiger partial charge in [-0.1, -0.05) is 41.3 Å². The molecule has 3 aromatic heterocycles. The van der Waals surface area contributed by atoms with Crippen LogP contribution in [0.5, 0.6) is 0 Å². The summed E-state index contributed by atoms with van der Waals surface area (Å²) in [7, 11) is 0. The quantitative estimate of drug-likeness (QED) is 0.365. The van der Waals surface area contributed by atoms with Gasteiger partial charge in [-0.15, -0.1) is 10.2 Å². The van der Waals surface area contributed by atoms with E-state index in [0.29, 0.717) is 26.3 Å². The Bertz CT molecular complexity index is 1390. The van der Waals surface area contributed by atoms with Crippen molar-refractivity contribution in [2.45, 2.75) is 5.16 Å². The number of amides is 1. The molecular formula is C22H15FN6OS2. The van der Waals surface area contributed by atoms with Crippen LogP contribution in [-0.4, -0.2) is 36.4 Å². The molecule has 5 aromatic rings. The van der Waals surface area contributed by atoms with E-state index in [4.69, 9.17) is 0 Å². The van der Waals surface area contributed by atoms with Crippen LogP contribution in [0, 0.1) is 5.82 Å². The van der Waals surface area contributed by atoms with Crippen LogP contribution in [0.4, 0.5) is 9.52 Å². The molecule has 5 rings (SSSR count). The average Bonchev–Trinajstić information content (AvgIpc) is 3.42. The summed E-state index contributed by atoms with van der Waals surface area (Å²) >= 11 is 2.50. The lowest BCUT2D eigenvalue weighted by Crippen LogP contribution is -2.14. The average molecular weight is 463 g/mol. The maximum atomic E-state index is 13.4. The molecule has 3 heterocycles. The Morgan fingerprint density at radius 2 is 1.88 bits per heavy atom. The molecule has 2 aromatic carbocycles. The number of fused-ring (bicyclic) bond motifs is 1. The number of thioether (sulfide) groups is 1. The molecule has 0 unspecified atom stereocenters. The third-order valence-electron chi connectivity index (χ3n) is 4.52. The number of carbonyl (C=O) groups is 1. The molecule has 0 radical (unpaired) electrons. The number of nitrogens with one attached hydrogen (secondary N) is 1. The molecule has 1 amide bonds. The summed E-state index contributed by atoms with van der Waals surface area (Å²) in [4.78, 5) is 20.9. The highest BCUT2D eigenvalue weighted by molar-refractivity contribution is 7.99. The summed E-state index contributed by atoms with van der Waals surface area (Å²) in [5.74, 6) is 0.211. The predicted octanol–water partition coefficient (Wildman–Crippen LogP) is 4.81. The number of rotatable bonds is 6. The SMILES string of the molecule is O=C(CSc1nnc(-c2ccncc2)n1-c1ccccc1)Nc1nc2ccc(F)cc2s1. The summed E-state index contributed by atoms with van der Waals surface area (Å²) in [6.45, 7) is 0. The normalized spacial score (nSPS) is 11.0. The minimum atomic E-state index is -0.333. The monoisotopic (exact) mass is 462 g/mol. The van der Waals surface area contributed by atoms with Gasteiger partial charge in [0.15, 0.2) is 16.1 Å². The van der Waals surface area contributed by atoms with Gasteiger partial charge in [-0.05, 0) is 42.5 Å². The van der Waals surface area contributed by atoms with E-state index in [1.54, 1.807) is 18.5 Å².